The van der Waals surface area contributed by atoms with Gasteiger partial charge in [-0.3, -0.25) is 4.90 Å². The summed E-state index contributed by atoms with van der Waals surface area (Å²) in [5.74, 6) is 2.42. The fourth-order valence-corrected chi connectivity index (χ4v) is 3.16. The first-order valence-electron chi connectivity index (χ1n) is 6.55. The number of phenols is 1. The van der Waals surface area contributed by atoms with E-state index in [-0.39, 0.29) is 5.75 Å². The van der Waals surface area contributed by atoms with Crippen LogP contribution in [0.5, 0.6) is 11.5 Å². The summed E-state index contributed by atoms with van der Waals surface area (Å²) in [7, 11) is 1.59. The van der Waals surface area contributed by atoms with Crippen molar-refractivity contribution in [1.82, 2.24) is 10.2 Å². The summed E-state index contributed by atoms with van der Waals surface area (Å²) in [6, 6.07) is 5.62. The summed E-state index contributed by atoms with van der Waals surface area (Å²) in [6.07, 6.45) is 0. The van der Waals surface area contributed by atoms with E-state index in [1.165, 1.54) is 31.7 Å². The van der Waals surface area contributed by atoms with Crippen molar-refractivity contribution in [3.05, 3.63) is 23.8 Å². The van der Waals surface area contributed by atoms with E-state index in [4.69, 9.17) is 4.74 Å². The first-order valence-corrected chi connectivity index (χ1v) is 6.55. The van der Waals surface area contributed by atoms with E-state index in [0.29, 0.717) is 5.75 Å². The van der Waals surface area contributed by atoms with Gasteiger partial charge in [0.25, 0.3) is 0 Å². The Morgan fingerprint density at radius 1 is 1.33 bits per heavy atom. The quantitative estimate of drug-likeness (QED) is 0.839. The third-order valence-corrected chi connectivity index (χ3v) is 4.12. The van der Waals surface area contributed by atoms with Gasteiger partial charge in [-0.25, -0.2) is 0 Å². The van der Waals surface area contributed by atoms with Crippen LogP contribution in [0.25, 0.3) is 0 Å². The van der Waals surface area contributed by atoms with Gasteiger partial charge < -0.3 is 15.2 Å². The van der Waals surface area contributed by atoms with Crippen molar-refractivity contribution < 1.29 is 9.84 Å². The predicted molar refractivity (Wildman–Crippen MR) is 69.8 cm³/mol. The van der Waals surface area contributed by atoms with Crippen molar-refractivity contribution in [2.45, 2.75) is 6.54 Å². The number of likely N-dealkylation sites (tertiary alicyclic amines) is 1. The Hall–Kier alpha value is -1.26. The van der Waals surface area contributed by atoms with Gasteiger partial charge in [-0.2, -0.15) is 0 Å². The average molecular weight is 248 g/mol. The molecule has 18 heavy (non-hydrogen) atoms. The van der Waals surface area contributed by atoms with Crippen LogP contribution in [-0.2, 0) is 6.54 Å². The lowest BCUT2D eigenvalue weighted by Crippen LogP contribution is -2.25. The van der Waals surface area contributed by atoms with Gasteiger partial charge in [0.2, 0.25) is 0 Å². The van der Waals surface area contributed by atoms with Gasteiger partial charge in [0, 0.05) is 19.6 Å². The number of ether oxygens (including phenoxy) is 1. The van der Waals surface area contributed by atoms with Crippen LogP contribution in [-0.4, -0.2) is 43.3 Å². The molecule has 2 aliphatic rings. The van der Waals surface area contributed by atoms with Crippen LogP contribution >= 0.6 is 0 Å². The number of benzene rings is 1. The normalized spacial score (nSPS) is 27.4. The molecule has 2 N–H and O–H groups in total. The summed E-state index contributed by atoms with van der Waals surface area (Å²) >= 11 is 0. The molecule has 3 rings (SSSR count). The lowest BCUT2D eigenvalue weighted by atomic mass is 10.0. The molecule has 1 aromatic carbocycles. The first kappa shape index (κ1) is 11.8. The second kappa shape index (κ2) is 4.78. The monoisotopic (exact) mass is 248 g/mol. The van der Waals surface area contributed by atoms with Crippen molar-refractivity contribution >= 4 is 0 Å². The lowest BCUT2D eigenvalue weighted by molar-refractivity contribution is 0.304. The Balaban J connectivity index is 1.66. The molecule has 4 nitrogen and oxygen atoms in total. The highest BCUT2D eigenvalue weighted by Gasteiger charge is 2.35. The Morgan fingerprint density at radius 2 is 2.06 bits per heavy atom. The van der Waals surface area contributed by atoms with Gasteiger partial charge in [-0.1, -0.05) is 6.07 Å². The molecule has 98 valence electrons. The Labute approximate surface area is 108 Å². The van der Waals surface area contributed by atoms with Gasteiger partial charge >= 0.3 is 0 Å². The van der Waals surface area contributed by atoms with Crippen LogP contribution in [0.15, 0.2) is 18.2 Å². The second-order valence-electron chi connectivity index (χ2n) is 5.38. The molecule has 0 aliphatic carbocycles. The van der Waals surface area contributed by atoms with Crippen LogP contribution in [0.2, 0.25) is 0 Å². The standard InChI is InChI=1S/C14H20N2O2/c1-18-14-4-10(2-3-13(14)17)7-16-8-11-5-15-6-12(11)9-16/h2-4,11-12,15,17H,5-9H2,1H3. The molecule has 0 bridgehead atoms. The number of nitrogens with zero attached hydrogens (tertiary/aromatic N) is 1. The number of fused-ring (bicyclic) bond motifs is 1. The molecule has 2 heterocycles. The number of nitrogens with one attached hydrogen (secondary N) is 1. The molecule has 1 aromatic rings. The molecule has 0 amide bonds. The Morgan fingerprint density at radius 3 is 2.72 bits per heavy atom. The van der Waals surface area contributed by atoms with E-state index in [1.54, 1.807) is 13.2 Å². The SMILES string of the molecule is COc1cc(CN2CC3CNCC3C2)ccc1O. The summed E-state index contributed by atoms with van der Waals surface area (Å²) in [4.78, 5) is 2.50. The van der Waals surface area contributed by atoms with E-state index in [0.717, 1.165) is 18.4 Å². The Bertz CT molecular complexity index is 424. The molecule has 2 unspecified atom stereocenters. The number of phenolic OH excluding ortho intramolecular Hbond substituents is 1. The fraction of sp³-hybridized carbons (Fsp3) is 0.571. The number of aromatic hydroxyl groups is 1. The zero-order chi connectivity index (χ0) is 12.5. The largest absolute Gasteiger partial charge is 0.504 e. The summed E-state index contributed by atoms with van der Waals surface area (Å²) in [6.45, 7) is 5.64. The van der Waals surface area contributed by atoms with Crippen LogP contribution in [0.1, 0.15) is 5.56 Å². The van der Waals surface area contributed by atoms with Crippen molar-refractivity contribution in [2.24, 2.45) is 11.8 Å². The van der Waals surface area contributed by atoms with Gasteiger partial charge in [-0.05, 0) is 42.6 Å². The maximum Gasteiger partial charge on any atom is 0.160 e. The highest BCUT2D eigenvalue weighted by atomic mass is 16.5. The average Bonchev–Trinajstić information content (AvgIpc) is 2.92. The summed E-state index contributed by atoms with van der Waals surface area (Å²) in [5.41, 5.74) is 1.21. The zero-order valence-corrected chi connectivity index (χ0v) is 10.7. The summed E-state index contributed by atoms with van der Waals surface area (Å²) < 4.78 is 5.15. The smallest absolute Gasteiger partial charge is 0.160 e. The molecule has 2 saturated heterocycles. The third kappa shape index (κ3) is 2.18. The molecule has 0 aromatic heterocycles. The molecular formula is C14H20N2O2. The minimum atomic E-state index is 0.212. The van der Waals surface area contributed by atoms with Crippen LogP contribution < -0.4 is 10.1 Å². The molecule has 2 aliphatic heterocycles. The number of hydrogen-bond donors (Lipinski definition) is 2. The van der Waals surface area contributed by atoms with E-state index in [2.05, 4.69) is 10.2 Å². The van der Waals surface area contributed by atoms with Gasteiger partial charge in [0.15, 0.2) is 11.5 Å². The number of hydrogen-bond acceptors (Lipinski definition) is 4. The lowest BCUT2D eigenvalue weighted by Gasteiger charge is -2.17. The maximum absolute atomic E-state index is 9.58. The highest BCUT2D eigenvalue weighted by molar-refractivity contribution is 5.41. The summed E-state index contributed by atoms with van der Waals surface area (Å²) in [5, 5.41) is 13.0. The number of methoxy groups -OCH3 is 1. The van der Waals surface area contributed by atoms with Crippen LogP contribution in [0.3, 0.4) is 0 Å². The molecule has 4 heteroatoms. The van der Waals surface area contributed by atoms with Crippen molar-refractivity contribution in [2.75, 3.05) is 33.3 Å². The molecule has 0 spiro atoms. The van der Waals surface area contributed by atoms with Crippen molar-refractivity contribution in [1.29, 1.82) is 0 Å². The minimum absolute atomic E-state index is 0.212. The molecule has 2 atom stereocenters. The maximum atomic E-state index is 9.58. The van der Waals surface area contributed by atoms with Crippen LogP contribution in [0, 0.1) is 11.8 Å². The van der Waals surface area contributed by atoms with E-state index in [9.17, 15) is 5.11 Å². The third-order valence-electron chi connectivity index (χ3n) is 4.12. The first-order chi connectivity index (χ1) is 8.76. The molecule has 0 radical (unpaired) electrons. The number of rotatable bonds is 3. The van der Waals surface area contributed by atoms with Gasteiger partial charge in [0.1, 0.15) is 0 Å². The van der Waals surface area contributed by atoms with Crippen molar-refractivity contribution in [3.8, 4) is 11.5 Å². The van der Waals surface area contributed by atoms with Crippen LogP contribution in [0.4, 0.5) is 0 Å². The highest BCUT2D eigenvalue weighted by Crippen LogP contribution is 2.30. The van der Waals surface area contributed by atoms with E-state index in [1.807, 2.05) is 12.1 Å². The predicted octanol–water partition coefficient (Wildman–Crippen LogP) is 1.05. The fourth-order valence-electron chi connectivity index (χ4n) is 3.16. The Kier molecular flexibility index (Phi) is 3.14. The zero-order valence-electron chi connectivity index (χ0n) is 10.7. The van der Waals surface area contributed by atoms with Gasteiger partial charge in [-0.15, -0.1) is 0 Å². The van der Waals surface area contributed by atoms with Gasteiger partial charge in [0.05, 0.1) is 7.11 Å². The van der Waals surface area contributed by atoms with Crippen molar-refractivity contribution in [3.63, 3.8) is 0 Å². The molecular weight excluding hydrogens is 228 g/mol. The molecule has 0 saturated carbocycles. The minimum Gasteiger partial charge on any atom is -0.504 e. The van der Waals surface area contributed by atoms with E-state index >= 15 is 0 Å². The second-order valence-corrected chi connectivity index (χ2v) is 5.38. The van der Waals surface area contributed by atoms with E-state index < -0.39 is 0 Å². The topological polar surface area (TPSA) is 44.7 Å². The molecule has 2 fully saturated rings.